The van der Waals surface area contributed by atoms with Crippen LogP contribution in [0.15, 0.2) is 12.4 Å². The van der Waals surface area contributed by atoms with Crippen molar-refractivity contribution in [3.05, 3.63) is 12.4 Å². The van der Waals surface area contributed by atoms with E-state index in [1.807, 2.05) is 10.9 Å². The number of alkyl halides is 1. The first-order valence-corrected chi connectivity index (χ1v) is 7.33. The number of likely N-dealkylation sites (tertiary alicyclic amines) is 1. The van der Waals surface area contributed by atoms with E-state index in [2.05, 4.69) is 21.6 Å². The highest BCUT2D eigenvalue weighted by Gasteiger charge is 2.30. The van der Waals surface area contributed by atoms with Gasteiger partial charge in [-0.25, -0.2) is 0 Å². The molecule has 4 nitrogen and oxygen atoms in total. The van der Waals surface area contributed by atoms with Crippen molar-refractivity contribution in [1.29, 1.82) is 0 Å². The molecule has 1 fully saturated rings. The first-order chi connectivity index (χ1) is 6.70. The summed E-state index contributed by atoms with van der Waals surface area (Å²) in [6, 6.07) is 0.489. The third-order valence-corrected chi connectivity index (χ3v) is 4.92. The monoisotopic (exact) mass is 306 g/mol. The minimum atomic E-state index is 0.0266. The zero-order chi connectivity index (χ0) is 10.1. The Labute approximate surface area is 93.8 Å². The van der Waals surface area contributed by atoms with Gasteiger partial charge in [0.05, 0.1) is 17.9 Å². The van der Waals surface area contributed by atoms with Crippen molar-refractivity contribution >= 4 is 30.9 Å². The highest BCUT2D eigenvalue weighted by Crippen LogP contribution is 2.29. The first-order valence-electron chi connectivity index (χ1n) is 4.56. The Kier molecular flexibility index (Phi) is 2.87. The summed E-state index contributed by atoms with van der Waals surface area (Å²) in [5, 5.41) is 4.29. The van der Waals surface area contributed by atoms with E-state index in [-0.39, 0.29) is 20.7 Å². The standard InChI is InChI=1S/C9H15IN4/c1-10-8-5-13(2)6-9(8)14-4-7(11)3-12-14/h3-4,8-9H,1,5-6,11H2,2H3. The molecule has 2 unspecified atom stereocenters. The van der Waals surface area contributed by atoms with Gasteiger partial charge in [0.1, 0.15) is 0 Å². The van der Waals surface area contributed by atoms with Gasteiger partial charge < -0.3 is 10.6 Å². The summed E-state index contributed by atoms with van der Waals surface area (Å²) in [5.74, 6) is 0. The molecule has 5 heteroatoms. The van der Waals surface area contributed by atoms with Crippen LogP contribution in [-0.4, -0.2) is 43.3 Å². The lowest BCUT2D eigenvalue weighted by molar-refractivity contribution is 0.382. The van der Waals surface area contributed by atoms with Crippen molar-refractivity contribution in [2.75, 3.05) is 25.9 Å². The number of halogens is 1. The number of anilines is 1. The number of hydrogen-bond donors (Lipinski definition) is 1. The number of rotatable bonds is 2. The van der Waals surface area contributed by atoms with Gasteiger partial charge in [0.15, 0.2) is 0 Å². The van der Waals surface area contributed by atoms with Gasteiger partial charge in [0.2, 0.25) is 0 Å². The molecular formula is C9H15IN4. The van der Waals surface area contributed by atoms with Gasteiger partial charge in [0, 0.05) is 23.2 Å². The van der Waals surface area contributed by atoms with E-state index in [0.717, 1.165) is 18.8 Å². The second-order valence-electron chi connectivity index (χ2n) is 3.71. The third kappa shape index (κ3) is 1.83. The highest BCUT2D eigenvalue weighted by molar-refractivity contribution is 14.2. The molecule has 0 aromatic carbocycles. The van der Waals surface area contributed by atoms with E-state index < -0.39 is 0 Å². The molecule has 1 aliphatic rings. The van der Waals surface area contributed by atoms with E-state index in [9.17, 15) is 0 Å². The topological polar surface area (TPSA) is 47.1 Å². The minimum absolute atomic E-state index is 0.0266. The fourth-order valence-corrected chi connectivity index (χ4v) is 3.96. The predicted octanol–water partition coefficient (Wildman–Crippen LogP) is 0.723. The van der Waals surface area contributed by atoms with E-state index in [4.69, 9.17) is 5.73 Å². The molecule has 0 amide bonds. The molecule has 1 aromatic rings. The average Bonchev–Trinajstić information content (AvgIpc) is 2.71. The fraction of sp³-hybridized carbons (Fsp3) is 0.556. The maximum Gasteiger partial charge on any atom is 0.0772 e. The van der Waals surface area contributed by atoms with Gasteiger partial charge in [-0.3, -0.25) is 4.68 Å². The highest BCUT2D eigenvalue weighted by atomic mass is 127. The normalized spacial score (nSPS) is 28.4. The van der Waals surface area contributed by atoms with Crippen LogP contribution in [0.2, 0.25) is 0 Å². The minimum Gasteiger partial charge on any atom is -0.396 e. The van der Waals surface area contributed by atoms with Crippen LogP contribution < -0.4 is 5.73 Å². The van der Waals surface area contributed by atoms with Crippen molar-refractivity contribution in [3.63, 3.8) is 0 Å². The first kappa shape index (κ1) is 10.1. The van der Waals surface area contributed by atoms with Gasteiger partial charge in [-0.2, -0.15) is 5.10 Å². The summed E-state index contributed by atoms with van der Waals surface area (Å²) in [5.41, 5.74) is 6.41. The Balaban J connectivity index is 2.21. The zero-order valence-corrected chi connectivity index (χ0v) is 10.4. The molecule has 2 N–H and O–H groups in total. The van der Waals surface area contributed by atoms with Crippen LogP contribution in [0, 0.1) is 0 Å². The van der Waals surface area contributed by atoms with Crippen molar-refractivity contribution < 1.29 is 0 Å². The molecule has 2 rings (SSSR count). The Morgan fingerprint density at radius 2 is 2.43 bits per heavy atom. The van der Waals surface area contributed by atoms with Crippen LogP contribution in [0.3, 0.4) is 0 Å². The third-order valence-electron chi connectivity index (χ3n) is 2.56. The molecule has 1 saturated heterocycles. The van der Waals surface area contributed by atoms with Gasteiger partial charge in [-0.1, -0.05) is 4.51 Å². The van der Waals surface area contributed by atoms with E-state index >= 15 is 0 Å². The van der Waals surface area contributed by atoms with E-state index in [1.54, 1.807) is 6.20 Å². The van der Waals surface area contributed by atoms with Crippen molar-refractivity contribution in [2.45, 2.75) is 9.97 Å². The van der Waals surface area contributed by atoms with Crippen molar-refractivity contribution in [2.24, 2.45) is 0 Å². The second-order valence-corrected chi connectivity index (χ2v) is 6.19. The summed E-state index contributed by atoms with van der Waals surface area (Å²) in [4.78, 5) is 2.35. The van der Waals surface area contributed by atoms with E-state index in [1.165, 1.54) is 0 Å². The molecule has 78 valence electrons. The van der Waals surface area contributed by atoms with Crippen LogP contribution in [0.25, 0.3) is 0 Å². The Hall–Kier alpha value is -0.430. The second kappa shape index (κ2) is 3.98. The fourth-order valence-electron chi connectivity index (χ4n) is 1.86. The van der Waals surface area contributed by atoms with Gasteiger partial charge in [0.25, 0.3) is 0 Å². The molecule has 0 spiro atoms. The summed E-state index contributed by atoms with van der Waals surface area (Å²) >= 11 is 0.0266. The van der Waals surface area contributed by atoms with Crippen LogP contribution in [0.1, 0.15) is 6.04 Å². The van der Waals surface area contributed by atoms with Gasteiger partial charge in [-0.05, 0) is 7.05 Å². The number of nitrogens with zero attached hydrogens (tertiary/aromatic N) is 3. The summed E-state index contributed by atoms with van der Waals surface area (Å²) in [6.45, 7) is 2.22. The number of aromatic nitrogens is 2. The number of hydrogen-bond acceptors (Lipinski definition) is 3. The average molecular weight is 306 g/mol. The van der Waals surface area contributed by atoms with Crippen LogP contribution in [-0.2, 0) is 0 Å². The van der Waals surface area contributed by atoms with Crippen LogP contribution in [0.5, 0.6) is 0 Å². The molecule has 0 aliphatic carbocycles. The quantitative estimate of drug-likeness (QED) is 0.647. The van der Waals surface area contributed by atoms with Crippen molar-refractivity contribution in [3.8, 4) is 0 Å². The number of nitrogens with two attached hydrogens (primary N) is 1. The smallest absolute Gasteiger partial charge is 0.0772 e. The van der Waals surface area contributed by atoms with E-state index in [0.29, 0.717) is 9.97 Å². The molecule has 0 radical (unpaired) electrons. The lowest BCUT2D eigenvalue weighted by Gasteiger charge is -2.14. The molecule has 1 aliphatic heterocycles. The van der Waals surface area contributed by atoms with Crippen LogP contribution in [0.4, 0.5) is 5.69 Å². The van der Waals surface area contributed by atoms with Gasteiger partial charge in [-0.15, -0.1) is 20.7 Å². The van der Waals surface area contributed by atoms with Crippen LogP contribution >= 0.6 is 20.7 Å². The predicted molar refractivity (Wildman–Crippen MR) is 68.1 cm³/mol. The molecule has 14 heavy (non-hydrogen) atoms. The largest absolute Gasteiger partial charge is 0.396 e. The molecule has 2 atom stereocenters. The molecule has 1 aromatic heterocycles. The van der Waals surface area contributed by atoms with Crippen molar-refractivity contribution in [1.82, 2.24) is 14.7 Å². The lowest BCUT2D eigenvalue weighted by atomic mass is 10.3. The number of likely N-dealkylation sites (N-methyl/N-ethyl adjacent to an activating group) is 1. The molecule has 2 heterocycles. The molecule has 0 bridgehead atoms. The Bertz CT molecular complexity index is 335. The maximum absolute atomic E-state index is 5.66. The molecule has 0 saturated carbocycles. The van der Waals surface area contributed by atoms with Gasteiger partial charge >= 0.3 is 0 Å². The summed E-state index contributed by atoms with van der Waals surface area (Å²) < 4.78 is 6.81. The summed E-state index contributed by atoms with van der Waals surface area (Å²) in [7, 11) is 2.15. The zero-order valence-electron chi connectivity index (χ0n) is 8.23. The SMILES string of the molecule is C=IC1CN(C)CC1n1cc(N)cn1. The maximum atomic E-state index is 5.66. The lowest BCUT2D eigenvalue weighted by Crippen LogP contribution is -2.18. The Morgan fingerprint density at radius 3 is 3.00 bits per heavy atom. The Morgan fingerprint density at radius 1 is 1.64 bits per heavy atom. The summed E-state index contributed by atoms with van der Waals surface area (Å²) in [6.07, 6.45) is 3.65. The molecular weight excluding hydrogens is 291 g/mol. The number of nitrogen functional groups attached to an aromatic ring is 1.